The highest BCUT2D eigenvalue weighted by Gasteiger charge is 2.03. The van der Waals surface area contributed by atoms with Crippen LogP contribution in [-0.2, 0) is 6.42 Å². The number of hydrogen-bond acceptors (Lipinski definition) is 1. The molecule has 1 radical (unpaired) electrons. The predicted octanol–water partition coefficient (Wildman–Crippen LogP) is 2.07. The minimum absolute atomic E-state index is 0.338. The standard InChI is InChI=1S/C10H11O2/c1-3-8-4-5-9(10(11)12)6-7(8)2/h4-6H,1,3H2,2H3,(H,11,12). The van der Waals surface area contributed by atoms with E-state index in [9.17, 15) is 4.79 Å². The number of aromatic carboxylic acids is 1. The maximum Gasteiger partial charge on any atom is 0.335 e. The molecule has 1 N–H and O–H groups in total. The van der Waals surface area contributed by atoms with E-state index >= 15 is 0 Å². The third-order valence-corrected chi connectivity index (χ3v) is 1.86. The molecule has 1 aromatic rings. The smallest absolute Gasteiger partial charge is 0.335 e. The van der Waals surface area contributed by atoms with E-state index in [4.69, 9.17) is 5.11 Å². The lowest BCUT2D eigenvalue weighted by Crippen LogP contribution is -1.98. The first-order valence-corrected chi connectivity index (χ1v) is 3.77. The van der Waals surface area contributed by atoms with Crippen molar-refractivity contribution in [3.63, 3.8) is 0 Å². The van der Waals surface area contributed by atoms with Crippen molar-refractivity contribution in [3.8, 4) is 0 Å². The molecule has 63 valence electrons. The summed E-state index contributed by atoms with van der Waals surface area (Å²) < 4.78 is 0. The molecule has 0 saturated heterocycles. The number of rotatable bonds is 2. The van der Waals surface area contributed by atoms with Crippen molar-refractivity contribution in [2.24, 2.45) is 0 Å². The fourth-order valence-corrected chi connectivity index (χ4v) is 1.11. The summed E-state index contributed by atoms with van der Waals surface area (Å²) in [6, 6.07) is 5.09. The van der Waals surface area contributed by atoms with E-state index in [1.165, 1.54) is 0 Å². The number of benzene rings is 1. The molecule has 12 heavy (non-hydrogen) atoms. The zero-order chi connectivity index (χ0) is 9.14. The van der Waals surface area contributed by atoms with Gasteiger partial charge in [0.15, 0.2) is 0 Å². The minimum atomic E-state index is -0.881. The Morgan fingerprint density at radius 2 is 2.25 bits per heavy atom. The largest absolute Gasteiger partial charge is 0.478 e. The number of carboxylic acids is 1. The molecule has 2 heteroatoms. The second-order valence-corrected chi connectivity index (χ2v) is 2.70. The first kappa shape index (κ1) is 8.78. The van der Waals surface area contributed by atoms with Crippen LogP contribution in [-0.4, -0.2) is 11.1 Å². The van der Waals surface area contributed by atoms with Crippen molar-refractivity contribution in [3.05, 3.63) is 41.8 Å². The number of carboxylic acid groups (broad SMARTS) is 1. The molecular weight excluding hydrogens is 152 g/mol. The lowest BCUT2D eigenvalue weighted by atomic mass is 10.0. The Hall–Kier alpha value is -1.31. The van der Waals surface area contributed by atoms with E-state index in [0.717, 1.165) is 11.1 Å². The molecule has 0 fully saturated rings. The zero-order valence-corrected chi connectivity index (χ0v) is 7.00. The number of aryl methyl sites for hydroxylation is 1. The van der Waals surface area contributed by atoms with E-state index in [0.29, 0.717) is 12.0 Å². The first-order valence-electron chi connectivity index (χ1n) is 3.77. The summed E-state index contributed by atoms with van der Waals surface area (Å²) in [5.41, 5.74) is 2.43. The average Bonchev–Trinajstić information content (AvgIpc) is 2.04. The SMILES string of the molecule is [CH2]Cc1ccc(C(=O)O)cc1C. The Morgan fingerprint density at radius 1 is 1.58 bits per heavy atom. The summed E-state index contributed by atoms with van der Waals surface area (Å²) in [5, 5.41) is 8.66. The highest BCUT2D eigenvalue weighted by atomic mass is 16.4. The van der Waals surface area contributed by atoms with Gasteiger partial charge in [0.2, 0.25) is 0 Å². The molecule has 0 heterocycles. The van der Waals surface area contributed by atoms with Gasteiger partial charge in [-0.05, 0) is 43.5 Å². The van der Waals surface area contributed by atoms with Crippen LogP contribution in [0.3, 0.4) is 0 Å². The summed E-state index contributed by atoms with van der Waals surface area (Å²) in [5.74, 6) is -0.881. The van der Waals surface area contributed by atoms with Gasteiger partial charge in [-0.2, -0.15) is 0 Å². The Balaban J connectivity index is 3.10. The molecule has 2 nitrogen and oxygen atoms in total. The van der Waals surface area contributed by atoms with Crippen molar-refractivity contribution in [1.29, 1.82) is 0 Å². The molecule has 0 bridgehead atoms. The summed E-state index contributed by atoms with van der Waals surface area (Å²) in [7, 11) is 0. The predicted molar refractivity (Wildman–Crippen MR) is 47.2 cm³/mol. The van der Waals surface area contributed by atoms with Crippen LogP contribution >= 0.6 is 0 Å². The molecular formula is C10H11O2. The fraction of sp³-hybridized carbons (Fsp3) is 0.200. The average molecular weight is 163 g/mol. The second kappa shape index (κ2) is 3.39. The van der Waals surface area contributed by atoms with Gasteiger partial charge in [0.1, 0.15) is 0 Å². The van der Waals surface area contributed by atoms with Gasteiger partial charge in [-0.1, -0.05) is 6.07 Å². The Bertz CT molecular complexity index is 303. The monoisotopic (exact) mass is 163 g/mol. The summed E-state index contributed by atoms with van der Waals surface area (Å²) >= 11 is 0. The van der Waals surface area contributed by atoms with Gasteiger partial charge in [0.25, 0.3) is 0 Å². The van der Waals surface area contributed by atoms with E-state index < -0.39 is 5.97 Å². The molecule has 0 aliphatic heterocycles. The lowest BCUT2D eigenvalue weighted by Gasteiger charge is -2.02. The van der Waals surface area contributed by atoms with Crippen molar-refractivity contribution in [2.75, 3.05) is 0 Å². The van der Waals surface area contributed by atoms with Crippen LogP contribution in [0.4, 0.5) is 0 Å². The van der Waals surface area contributed by atoms with Crippen molar-refractivity contribution in [1.82, 2.24) is 0 Å². The van der Waals surface area contributed by atoms with Crippen LogP contribution in [0, 0.1) is 13.8 Å². The highest BCUT2D eigenvalue weighted by Crippen LogP contribution is 2.11. The third-order valence-electron chi connectivity index (χ3n) is 1.86. The molecule has 0 saturated carbocycles. The molecule has 0 spiro atoms. The zero-order valence-electron chi connectivity index (χ0n) is 7.00. The first-order chi connectivity index (χ1) is 5.65. The van der Waals surface area contributed by atoms with Crippen molar-refractivity contribution >= 4 is 5.97 Å². The maximum absolute atomic E-state index is 10.5. The topological polar surface area (TPSA) is 37.3 Å². The molecule has 0 amide bonds. The Morgan fingerprint density at radius 3 is 2.67 bits per heavy atom. The Labute approximate surface area is 71.8 Å². The number of hydrogen-bond donors (Lipinski definition) is 1. The van der Waals surface area contributed by atoms with Gasteiger partial charge in [0, 0.05) is 0 Å². The van der Waals surface area contributed by atoms with Crippen LogP contribution < -0.4 is 0 Å². The van der Waals surface area contributed by atoms with Crippen molar-refractivity contribution in [2.45, 2.75) is 13.3 Å². The molecule has 0 unspecified atom stereocenters. The van der Waals surface area contributed by atoms with Crippen molar-refractivity contribution < 1.29 is 9.90 Å². The van der Waals surface area contributed by atoms with E-state index in [1.54, 1.807) is 12.1 Å². The van der Waals surface area contributed by atoms with Crippen LogP contribution in [0.1, 0.15) is 21.5 Å². The molecule has 1 rings (SSSR count). The van der Waals surface area contributed by atoms with E-state index in [-0.39, 0.29) is 0 Å². The van der Waals surface area contributed by atoms with Crippen LogP contribution in [0.5, 0.6) is 0 Å². The molecule has 0 aliphatic carbocycles. The van der Waals surface area contributed by atoms with Gasteiger partial charge in [-0.15, -0.1) is 0 Å². The van der Waals surface area contributed by atoms with Crippen LogP contribution in [0.25, 0.3) is 0 Å². The molecule has 1 aromatic carbocycles. The van der Waals surface area contributed by atoms with E-state index in [1.807, 2.05) is 13.0 Å². The van der Waals surface area contributed by atoms with Gasteiger partial charge in [-0.25, -0.2) is 4.79 Å². The minimum Gasteiger partial charge on any atom is -0.478 e. The van der Waals surface area contributed by atoms with Gasteiger partial charge < -0.3 is 5.11 Å². The molecule has 0 atom stereocenters. The summed E-state index contributed by atoms with van der Waals surface area (Å²) in [6.45, 7) is 5.64. The second-order valence-electron chi connectivity index (χ2n) is 2.70. The molecule has 0 aromatic heterocycles. The fourth-order valence-electron chi connectivity index (χ4n) is 1.11. The lowest BCUT2D eigenvalue weighted by molar-refractivity contribution is 0.0697. The highest BCUT2D eigenvalue weighted by molar-refractivity contribution is 5.87. The van der Waals surface area contributed by atoms with Gasteiger partial charge in [0.05, 0.1) is 5.56 Å². The van der Waals surface area contributed by atoms with Gasteiger partial charge >= 0.3 is 5.97 Å². The summed E-state index contributed by atoms with van der Waals surface area (Å²) in [4.78, 5) is 10.5. The summed E-state index contributed by atoms with van der Waals surface area (Å²) in [6.07, 6.45) is 0.700. The van der Waals surface area contributed by atoms with Gasteiger partial charge in [-0.3, -0.25) is 0 Å². The van der Waals surface area contributed by atoms with Crippen LogP contribution in [0.15, 0.2) is 18.2 Å². The maximum atomic E-state index is 10.5. The van der Waals surface area contributed by atoms with Crippen LogP contribution in [0.2, 0.25) is 0 Å². The van der Waals surface area contributed by atoms with E-state index in [2.05, 4.69) is 6.92 Å². The molecule has 0 aliphatic rings. The number of carbonyl (C=O) groups is 1. The normalized spacial score (nSPS) is 9.83. The quantitative estimate of drug-likeness (QED) is 0.724. The third kappa shape index (κ3) is 1.64. The Kier molecular flexibility index (Phi) is 2.48.